The Kier molecular flexibility index (Phi) is 6.55. The van der Waals surface area contributed by atoms with Crippen molar-refractivity contribution < 1.29 is 14.4 Å². The predicted molar refractivity (Wildman–Crippen MR) is 137 cm³/mol. The fraction of sp³-hybridized carbons (Fsp3) is 0.269. The Morgan fingerprint density at radius 2 is 1.51 bits per heavy atom. The lowest BCUT2D eigenvalue weighted by molar-refractivity contribution is -0.117. The lowest BCUT2D eigenvalue weighted by Crippen LogP contribution is -2.46. The summed E-state index contributed by atoms with van der Waals surface area (Å²) in [5.41, 5.74) is 3.36. The molecule has 8 nitrogen and oxygen atoms in total. The molecule has 0 radical (unpaired) electrons. The molecule has 3 heterocycles. The summed E-state index contributed by atoms with van der Waals surface area (Å²) >= 11 is 3.43. The predicted octanol–water partition coefficient (Wildman–Crippen LogP) is 1.81. The number of halogens is 1. The Morgan fingerprint density at radius 3 is 2.14 bits per heavy atom. The summed E-state index contributed by atoms with van der Waals surface area (Å²) in [6.07, 6.45) is 0. The summed E-state index contributed by atoms with van der Waals surface area (Å²) in [7, 11) is 2.12. The third kappa shape index (κ3) is 4.80. The lowest BCUT2D eigenvalue weighted by Gasteiger charge is -2.32. The SMILES string of the molecule is CN1CCN(CCNC(=O)c2cccc(C3=C4C(=O)NC(c5cccc(Br)c5)=C4C(=O)N3)c2)CC1. The Balaban J connectivity index is 1.35. The maximum absolute atomic E-state index is 12.9. The largest absolute Gasteiger partial charge is 0.351 e. The third-order valence-electron chi connectivity index (χ3n) is 6.52. The molecular formula is C26H26BrN5O3. The van der Waals surface area contributed by atoms with E-state index in [2.05, 4.69) is 48.7 Å². The number of nitrogens with zero attached hydrogens (tertiary/aromatic N) is 2. The molecule has 0 atom stereocenters. The number of hydrogen-bond acceptors (Lipinski definition) is 5. The molecule has 0 saturated carbocycles. The Morgan fingerprint density at radius 1 is 0.914 bits per heavy atom. The van der Waals surface area contributed by atoms with Crippen molar-refractivity contribution in [1.29, 1.82) is 0 Å². The van der Waals surface area contributed by atoms with Crippen LogP contribution in [-0.2, 0) is 9.59 Å². The summed E-state index contributed by atoms with van der Waals surface area (Å²) in [6.45, 7) is 5.43. The highest BCUT2D eigenvalue weighted by molar-refractivity contribution is 9.10. The molecule has 0 aliphatic carbocycles. The van der Waals surface area contributed by atoms with Gasteiger partial charge in [-0.3, -0.25) is 19.3 Å². The van der Waals surface area contributed by atoms with Crippen molar-refractivity contribution in [3.63, 3.8) is 0 Å². The number of carbonyl (C=O) groups is 3. The minimum Gasteiger partial charge on any atom is -0.351 e. The van der Waals surface area contributed by atoms with Crippen LogP contribution in [0, 0.1) is 0 Å². The Hall–Kier alpha value is -3.27. The first-order valence-electron chi connectivity index (χ1n) is 11.6. The smallest absolute Gasteiger partial charge is 0.258 e. The highest BCUT2D eigenvalue weighted by Gasteiger charge is 2.40. The van der Waals surface area contributed by atoms with Crippen LogP contribution in [0.4, 0.5) is 0 Å². The quantitative estimate of drug-likeness (QED) is 0.524. The van der Waals surface area contributed by atoms with E-state index in [1.165, 1.54) is 0 Å². The number of hydrogen-bond donors (Lipinski definition) is 3. The lowest BCUT2D eigenvalue weighted by atomic mass is 10.0. The van der Waals surface area contributed by atoms with Gasteiger partial charge in [-0.1, -0.05) is 40.2 Å². The first kappa shape index (κ1) is 23.5. The van der Waals surface area contributed by atoms with E-state index in [4.69, 9.17) is 0 Å². The average Bonchev–Trinajstić information content (AvgIpc) is 3.38. The number of carbonyl (C=O) groups excluding carboxylic acids is 3. The zero-order valence-corrected chi connectivity index (χ0v) is 20.9. The molecule has 180 valence electrons. The second-order valence-electron chi connectivity index (χ2n) is 8.90. The summed E-state index contributed by atoms with van der Waals surface area (Å²) in [5.74, 6) is -0.868. The fourth-order valence-electron chi connectivity index (χ4n) is 4.58. The zero-order chi connectivity index (χ0) is 24.5. The number of benzene rings is 2. The molecule has 1 saturated heterocycles. The molecule has 0 unspecified atom stereocenters. The molecule has 35 heavy (non-hydrogen) atoms. The van der Waals surface area contributed by atoms with E-state index in [1.54, 1.807) is 24.3 Å². The van der Waals surface area contributed by atoms with Crippen molar-refractivity contribution in [2.45, 2.75) is 0 Å². The van der Waals surface area contributed by atoms with E-state index in [-0.39, 0.29) is 17.7 Å². The van der Waals surface area contributed by atoms with E-state index in [0.29, 0.717) is 40.2 Å². The van der Waals surface area contributed by atoms with Gasteiger partial charge in [0.05, 0.1) is 22.5 Å². The van der Waals surface area contributed by atoms with Gasteiger partial charge in [-0.25, -0.2) is 0 Å². The van der Waals surface area contributed by atoms with Crippen LogP contribution in [0.25, 0.3) is 11.4 Å². The van der Waals surface area contributed by atoms with Gasteiger partial charge in [0.15, 0.2) is 0 Å². The molecule has 2 aromatic carbocycles. The highest BCUT2D eigenvalue weighted by atomic mass is 79.9. The topological polar surface area (TPSA) is 93.8 Å². The van der Waals surface area contributed by atoms with Gasteiger partial charge in [-0.05, 0) is 42.4 Å². The minimum atomic E-state index is -0.342. The van der Waals surface area contributed by atoms with Crippen molar-refractivity contribution in [2.75, 3.05) is 46.3 Å². The normalized spacial score (nSPS) is 18.6. The number of rotatable bonds is 6. The molecule has 0 aromatic heterocycles. The van der Waals surface area contributed by atoms with Crippen LogP contribution in [0.3, 0.4) is 0 Å². The van der Waals surface area contributed by atoms with Gasteiger partial charge in [-0.2, -0.15) is 0 Å². The number of fused-ring (bicyclic) bond motifs is 1. The zero-order valence-electron chi connectivity index (χ0n) is 19.4. The highest BCUT2D eigenvalue weighted by Crippen LogP contribution is 2.37. The van der Waals surface area contributed by atoms with Gasteiger partial charge in [0, 0.05) is 49.3 Å². The number of amides is 3. The van der Waals surface area contributed by atoms with Crippen molar-refractivity contribution in [3.05, 3.63) is 80.8 Å². The number of piperazine rings is 1. The van der Waals surface area contributed by atoms with Crippen molar-refractivity contribution >= 4 is 45.0 Å². The minimum absolute atomic E-state index is 0.183. The molecule has 3 N–H and O–H groups in total. The first-order chi connectivity index (χ1) is 16.9. The summed E-state index contributed by atoms with van der Waals surface area (Å²) in [6, 6.07) is 14.4. The van der Waals surface area contributed by atoms with Crippen LogP contribution in [0.15, 0.2) is 64.1 Å². The van der Waals surface area contributed by atoms with E-state index in [9.17, 15) is 14.4 Å². The van der Waals surface area contributed by atoms with Crippen LogP contribution in [0.1, 0.15) is 21.5 Å². The monoisotopic (exact) mass is 535 g/mol. The Bertz CT molecular complexity index is 1280. The van der Waals surface area contributed by atoms with Gasteiger partial charge in [0.25, 0.3) is 17.7 Å². The molecule has 3 aliphatic rings. The molecule has 5 rings (SSSR count). The molecule has 9 heteroatoms. The maximum atomic E-state index is 12.9. The van der Waals surface area contributed by atoms with Crippen molar-refractivity contribution in [1.82, 2.24) is 25.8 Å². The second kappa shape index (κ2) is 9.77. The van der Waals surface area contributed by atoms with Crippen LogP contribution in [0.5, 0.6) is 0 Å². The van der Waals surface area contributed by atoms with Crippen LogP contribution >= 0.6 is 15.9 Å². The van der Waals surface area contributed by atoms with E-state index in [1.807, 2.05) is 24.3 Å². The fourth-order valence-corrected chi connectivity index (χ4v) is 4.97. The van der Waals surface area contributed by atoms with Gasteiger partial charge in [0.1, 0.15) is 0 Å². The number of likely N-dealkylation sites (N-methyl/N-ethyl adjacent to an activating group) is 1. The van der Waals surface area contributed by atoms with Gasteiger partial charge in [-0.15, -0.1) is 0 Å². The van der Waals surface area contributed by atoms with Crippen LogP contribution < -0.4 is 16.0 Å². The van der Waals surface area contributed by atoms with E-state index in [0.717, 1.165) is 42.8 Å². The standard InChI is InChI=1S/C26H26BrN5O3/c1-31-10-12-32(13-11-31)9-8-28-24(33)18-6-2-4-16(14-18)22-20-21(26(35)29-22)23(30-25(20)34)17-5-3-7-19(27)15-17/h2-7,14-15H,8-13H2,1H3,(H,28,33)(H,29,35)(H,30,34). The van der Waals surface area contributed by atoms with E-state index < -0.39 is 0 Å². The summed E-state index contributed by atoms with van der Waals surface area (Å²) in [4.78, 5) is 43.2. The van der Waals surface area contributed by atoms with E-state index >= 15 is 0 Å². The first-order valence-corrected chi connectivity index (χ1v) is 12.4. The Labute approximate surface area is 212 Å². The van der Waals surface area contributed by atoms with Crippen molar-refractivity contribution in [3.8, 4) is 0 Å². The van der Waals surface area contributed by atoms with Crippen LogP contribution in [0.2, 0.25) is 0 Å². The molecule has 1 fully saturated rings. The number of nitrogens with one attached hydrogen (secondary N) is 3. The maximum Gasteiger partial charge on any atom is 0.258 e. The average molecular weight is 536 g/mol. The van der Waals surface area contributed by atoms with Crippen LogP contribution in [-0.4, -0.2) is 73.8 Å². The second-order valence-corrected chi connectivity index (χ2v) is 9.82. The summed E-state index contributed by atoms with van der Waals surface area (Å²) in [5, 5.41) is 8.67. The molecule has 0 spiro atoms. The molecule has 3 aliphatic heterocycles. The third-order valence-corrected chi connectivity index (χ3v) is 7.01. The summed E-state index contributed by atoms with van der Waals surface area (Å²) < 4.78 is 0.847. The van der Waals surface area contributed by atoms with Gasteiger partial charge in [0.2, 0.25) is 0 Å². The van der Waals surface area contributed by atoms with Crippen molar-refractivity contribution in [2.24, 2.45) is 0 Å². The molecule has 3 amide bonds. The van der Waals surface area contributed by atoms with Gasteiger partial charge >= 0.3 is 0 Å². The molecule has 2 aromatic rings. The van der Waals surface area contributed by atoms with Gasteiger partial charge < -0.3 is 20.9 Å². The molecular weight excluding hydrogens is 510 g/mol. The molecule has 0 bridgehead atoms.